The Bertz CT molecular complexity index is 301. The van der Waals surface area contributed by atoms with Crippen molar-refractivity contribution in [3.05, 3.63) is 35.1 Å². The molecule has 0 aliphatic rings. The highest BCUT2D eigenvalue weighted by Gasteiger charge is 2.09. The Morgan fingerprint density at radius 1 is 1.50 bits per heavy atom. The van der Waals surface area contributed by atoms with Gasteiger partial charge in [0.2, 0.25) is 0 Å². The van der Waals surface area contributed by atoms with E-state index in [-0.39, 0.29) is 11.9 Å². The summed E-state index contributed by atoms with van der Waals surface area (Å²) in [6, 6.07) is 5.30. The summed E-state index contributed by atoms with van der Waals surface area (Å²) in [5.41, 5.74) is 1.58. The van der Waals surface area contributed by atoms with E-state index in [1.165, 1.54) is 0 Å². The lowest BCUT2D eigenvalue weighted by molar-refractivity contribution is 0.170. The van der Waals surface area contributed by atoms with Crippen LogP contribution >= 0.6 is 0 Å². The first-order valence-electron chi connectivity index (χ1n) is 4.61. The van der Waals surface area contributed by atoms with Crippen LogP contribution in [0, 0.1) is 12.7 Å². The third kappa shape index (κ3) is 2.53. The Hall–Kier alpha value is -0.930. The van der Waals surface area contributed by atoms with Crippen molar-refractivity contribution in [1.29, 1.82) is 0 Å². The summed E-state index contributed by atoms with van der Waals surface area (Å²) in [6.07, 6.45) is 0. The molecule has 1 unspecified atom stereocenters. The van der Waals surface area contributed by atoms with Gasteiger partial charge in [-0.1, -0.05) is 12.1 Å². The van der Waals surface area contributed by atoms with Crippen LogP contribution in [0.2, 0.25) is 0 Å². The Morgan fingerprint density at radius 2 is 2.21 bits per heavy atom. The summed E-state index contributed by atoms with van der Waals surface area (Å²) in [7, 11) is 3.47. The van der Waals surface area contributed by atoms with Crippen LogP contribution in [0.15, 0.2) is 18.2 Å². The summed E-state index contributed by atoms with van der Waals surface area (Å²) >= 11 is 0. The molecule has 0 aliphatic heterocycles. The number of benzene rings is 1. The van der Waals surface area contributed by atoms with Crippen LogP contribution in [0.25, 0.3) is 0 Å². The van der Waals surface area contributed by atoms with E-state index in [9.17, 15) is 4.39 Å². The molecule has 0 saturated carbocycles. The van der Waals surface area contributed by atoms with Gasteiger partial charge in [0.05, 0.1) is 12.6 Å². The highest BCUT2D eigenvalue weighted by molar-refractivity contribution is 5.25. The number of nitrogens with one attached hydrogen (secondary N) is 1. The van der Waals surface area contributed by atoms with Crippen molar-refractivity contribution in [3.8, 4) is 0 Å². The molecule has 1 atom stereocenters. The van der Waals surface area contributed by atoms with E-state index in [0.717, 1.165) is 5.56 Å². The van der Waals surface area contributed by atoms with E-state index < -0.39 is 0 Å². The molecule has 0 heterocycles. The van der Waals surface area contributed by atoms with Gasteiger partial charge in [0, 0.05) is 7.11 Å². The zero-order chi connectivity index (χ0) is 10.6. The Morgan fingerprint density at radius 3 is 2.71 bits per heavy atom. The molecule has 14 heavy (non-hydrogen) atoms. The molecule has 1 aromatic rings. The van der Waals surface area contributed by atoms with Crippen LogP contribution < -0.4 is 5.32 Å². The van der Waals surface area contributed by atoms with Gasteiger partial charge in [0.15, 0.2) is 0 Å². The fraction of sp³-hybridized carbons (Fsp3) is 0.455. The first kappa shape index (κ1) is 11.1. The van der Waals surface area contributed by atoms with Crippen molar-refractivity contribution in [2.45, 2.75) is 13.0 Å². The maximum atomic E-state index is 13.2. The first-order chi connectivity index (χ1) is 6.69. The molecule has 3 heteroatoms. The van der Waals surface area contributed by atoms with Gasteiger partial charge in [0.25, 0.3) is 0 Å². The minimum atomic E-state index is -0.168. The quantitative estimate of drug-likeness (QED) is 0.797. The number of hydrogen-bond acceptors (Lipinski definition) is 2. The molecule has 0 aliphatic carbocycles. The van der Waals surface area contributed by atoms with Crippen LogP contribution in [0.4, 0.5) is 4.39 Å². The number of aryl methyl sites for hydroxylation is 1. The molecule has 0 spiro atoms. The summed E-state index contributed by atoms with van der Waals surface area (Å²) in [5, 5.41) is 3.07. The van der Waals surface area contributed by atoms with Crippen LogP contribution in [0.3, 0.4) is 0 Å². The number of ether oxygens (including phenoxy) is 1. The van der Waals surface area contributed by atoms with Crippen LogP contribution in [0.1, 0.15) is 17.2 Å². The largest absolute Gasteiger partial charge is 0.383 e. The third-order valence-electron chi connectivity index (χ3n) is 2.28. The fourth-order valence-electron chi connectivity index (χ4n) is 1.34. The summed E-state index contributed by atoms with van der Waals surface area (Å²) < 4.78 is 18.3. The molecule has 1 aromatic carbocycles. The molecule has 0 saturated heterocycles. The number of rotatable bonds is 4. The second kappa shape index (κ2) is 5.08. The minimum Gasteiger partial charge on any atom is -0.383 e. The van der Waals surface area contributed by atoms with Crippen molar-refractivity contribution in [2.75, 3.05) is 20.8 Å². The Balaban J connectivity index is 2.88. The van der Waals surface area contributed by atoms with Gasteiger partial charge < -0.3 is 10.1 Å². The van der Waals surface area contributed by atoms with Gasteiger partial charge in [-0.25, -0.2) is 4.39 Å². The summed E-state index contributed by atoms with van der Waals surface area (Å²) in [5.74, 6) is -0.168. The highest BCUT2D eigenvalue weighted by atomic mass is 19.1. The van der Waals surface area contributed by atoms with Crippen molar-refractivity contribution in [1.82, 2.24) is 5.32 Å². The first-order valence-corrected chi connectivity index (χ1v) is 4.61. The molecular formula is C11H16FNO. The number of methoxy groups -OCH3 is 1. The summed E-state index contributed by atoms with van der Waals surface area (Å²) in [6.45, 7) is 2.29. The molecule has 0 fully saturated rings. The molecule has 0 radical (unpaired) electrons. The Labute approximate surface area is 84.1 Å². The van der Waals surface area contributed by atoms with E-state index in [0.29, 0.717) is 12.2 Å². The highest BCUT2D eigenvalue weighted by Crippen LogP contribution is 2.16. The van der Waals surface area contributed by atoms with Gasteiger partial charge in [-0.05, 0) is 31.2 Å². The van der Waals surface area contributed by atoms with Gasteiger partial charge >= 0.3 is 0 Å². The molecule has 1 N–H and O–H groups in total. The van der Waals surface area contributed by atoms with E-state index in [1.807, 2.05) is 13.1 Å². The standard InChI is InChI=1S/C11H16FNO/c1-8-4-5-9(6-10(8)12)11(13-2)7-14-3/h4-6,11,13H,7H2,1-3H3. The maximum Gasteiger partial charge on any atom is 0.126 e. The lowest BCUT2D eigenvalue weighted by Gasteiger charge is -2.15. The van der Waals surface area contributed by atoms with Crippen molar-refractivity contribution >= 4 is 0 Å². The second-order valence-electron chi connectivity index (χ2n) is 3.31. The van der Waals surface area contributed by atoms with Crippen molar-refractivity contribution in [3.63, 3.8) is 0 Å². The summed E-state index contributed by atoms with van der Waals surface area (Å²) in [4.78, 5) is 0. The van der Waals surface area contributed by atoms with Gasteiger partial charge in [0.1, 0.15) is 5.82 Å². The zero-order valence-corrected chi connectivity index (χ0v) is 8.80. The van der Waals surface area contributed by atoms with Gasteiger partial charge in [-0.2, -0.15) is 0 Å². The van der Waals surface area contributed by atoms with Gasteiger partial charge in [-0.15, -0.1) is 0 Å². The van der Waals surface area contributed by atoms with E-state index >= 15 is 0 Å². The van der Waals surface area contributed by atoms with Crippen molar-refractivity contribution in [2.24, 2.45) is 0 Å². The third-order valence-corrected chi connectivity index (χ3v) is 2.28. The van der Waals surface area contributed by atoms with Crippen molar-refractivity contribution < 1.29 is 9.13 Å². The van der Waals surface area contributed by atoms with Crippen LogP contribution in [-0.2, 0) is 4.74 Å². The molecule has 2 nitrogen and oxygen atoms in total. The van der Waals surface area contributed by atoms with Crippen LogP contribution in [-0.4, -0.2) is 20.8 Å². The zero-order valence-electron chi connectivity index (χ0n) is 8.80. The molecule has 78 valence electrons. The molecule has 0 bridgehead atoms. The molecule has 0 amide bonds. The maximum absolute atomic E-state index is 13.2. The Kier molecular flexibility index (Phi) is 4.04. The normalized spacial score (nSPS) is 12.9. The lowest BCUT2D eigenvalue weighted by Crippen LogP contribution is -2.21. The van der Waals surface area contributed by atoms with Crippen LogP contribution in [0.5, 0.6) is 0 Å². The smallest absolute Gasteiger partial charge is 0.126 e. The molecule has 0 aromatic heterocycles. The predicted molar refractivity (Wildman–Crippen MR) is 54.8 cm³/mol. The average Bonchev–Trinajstić information content (AvgIpc) is 2.19. The minimum absolute atomic E-state index is 0.0510. The fourth-order valence-corrected chi connectivity index (χ4v) is 1.34. The van der Waals surface area contributed by atoms with E-state index in [4.69, 9.17) is 4.74 Å². The topological polar surface area (TPSA) is 21.3 Å². The lowest BCUT2D eigenvalue weighted by atomic mass is 10.1. The number of halogens is 1. The van der Waals surface area contributed by atoms with E-state index in [2.05, 4.69) is 5.32 Å². The second-order valence-corrected chi connectivity index (χ2v) is 3.31. The van der Waals surface area contributed by atoms with E-state index in [1.54, 1.807) is 26.2 Å². The number of likely N-dealkylation sites (N-methyl/N-ethyl adjacent to an activating group) is 1. The molecular weight excluding hydrogens is 181 g/mol. The monoisotopic (exact) mass is 197 g/mol. The average molecular weight is 197 g/mol. The molecule has 1 rings (SSSR count). The SMILES string of the molecule is CNC(COC)c1ccc(C)c(F)c1. The predicted octanol–water partition coefficient (Wildman–Crippen LogP) is 2.04. The van der Waals surface area contributed by atoms with Gasteiger partial charge in [-0.3, -0.25) is 0 Å². The number of hydrogen-bond donors (Lipinski definition) is 1.